The van der Waals surface area contributed by atoms with E-state index in [-0.39, 0.29) is 24.3 Å². The van der Waals surface area contributed by atoms with E-state index in [1.807, 2.05) is 36.4 Å². The molecular formula is C30H35BrN4O4. The van der Waals surface area contributed by atoms with E-state index in [0.717, 1.165) is 21.2 Å². The lowest BCUT2D eigenvalue weighted by molar-refractivity contribution is -0.154. The summed E-state index contributed by atoms with van der Waals surface area (Å²) in [6.07, 6.45) is 3.56. The SMILES string of the molecule is CC(C)(C)OC(=O)CNC(=O)C(Cc1ccc(-c2ncc(Br)cn2)cc1)NC(=O)c1ccc(C(C)(C)C)cc1. The summed E-state index contributed by atoms with van der Waals surface area (Å²) in [4.78, 5) is 47.0. The van der Waals surface area contributed by atoms with Crippen molar-refractivity contribution in [2.45, 2.75) is 65.0 Å². The van der Waals surface area contributed by atoms with Gasteiger partial charge in [-0.1, -0.05) is 57.2 Å². The number of nitrogens with zero attached hydrogens (tertiary/aromatic N) is 2. The number of carbonyl (C=O) groups is 3. The highest BCUT2D eigenvalue weighted by atomic mass is 79.9. The van der Waals surface area contributed by atoms with Crippen molar-refractivity contribution in [3.8, 4) is 11.4 Å². The molecule has 0 aliphatic carbocycles. The van der Waals surface area contributed by atoms with Gasteiger partial charge in [0, 0.05) is 29.9 Å². The van der Waals surface area contributed by atoms with E-state index < -0.39 is 23.5 Å². The van der Waals surface area contributed by atoms with Gasteiger partial charge in [0.15, 0.2) is 5.82 Å². The molecule has 9 heteroatoms. The fourth-order valence-electron chi connectivity index (χ4n) is 3.72. The molecule has 1 atom stereocenters. The van der Waals surface area contributed by atoms with Crippen LogP contribution in [0.15, 0.2) is 65.4 Å². The van der Waals surface area contributed by atoms with Crippen LogP contribution < -0.4 is 10.6 Å². The maximum Gasteiger partial charge on any atom is 0.325 e. The molecule has 1 aromatic heterocycles. The maximum atomic E-state index is 13.1. The first-order valence-corrected chi connectivity index (χ1v) is 13.5. The minimum absolute atomic E-state index is 0.0491. The summed E-state index contributed by atoms with van der Waals surface area (Å²) in [5, 5.41) is 5.43. The Labute approximate surface area is 238 Å². The fraction of sp³-hybridized carbons (Fsp3) is 0.367. The largest absolute Gasteiger partial charge is 0.459 e. The smallest absolute Gasteiger partial charge is 0.325 e. The maximum absolute atomic E-state index is 13.1. The molecule has 206 valence electrons. The van der Waals surface area contributed by atoms with Crippen LogP contribution in [0.5, 0.6) is 0 Å². The molecule has 2 amide bonds. The van der Waals surface area contributed by atoms with Gasteiger partial charge in [0.2, 0.25) is 5.91 Å². The fourth-order valence-corrected chi connectivity index (χ4v) is 3.92. The Bertz CT molecular complexity index is 1290. The summed E-state index contributed by atoms with van der Waals surface area (Å²) in [5.74, 6) is -0.852. The Morgan fingerprint density at radius 1 is 0.897 bits per heavy atom. The normalized spacial score (nSPS) is 12.4. The van der Waals surface area contributed by atoms with E-state index in [1.54, 1.807) is 45.3 Å². The highest BCUT2D eigenvalue weighted by Crippen LogP contribution is 2.22. The van der Waals surface area contributed by atoms with Gasteiger partial charge in [-0.2, -0.15) is 0 Å². The van der Waals surface area contributed by atoms with Gasteiger partial charge in [0.25, 0.3) is 5.91 Å². The van der Waals surface area contributed by atoms with Crippen LogP contribution in [-0.2, 0) is 26.2 Å². The first kappa shape index (κ1) is 30.0. The Morgan fingerprint density at radius 2 is 1.49 bits per heavy atom. The van der Waals surface area contributed by atoms with Crippen molar-refractivity contribution >= 4 is 33.7 Å². The summed E-state index contributed by atoms with van der Waals surface area (Å²) in [6, 6.07) is 13.8. The molecule has 2 N–H and O–H groups in total. The van der Waals surface area contributed by atoms with Gasteiger partial charge in [-0.05, 0) is 65.4 Å². The second-order valence-electron chi connectivity index (χ2n) is 11.3. The van der Waals surface area contributed by atoms with Gasteiger partial charge >= 0.3 is 5.97 Å². The van der Waals surface area contributed by atoms with Crippen LogP contribution in [0.2, 0.25) is 0 Å². The van der Waals surface area contributed by atoms with Gasteiger partial charge in [0.05, 0.1) is 4.47 Å². The third-order valence-corrected chi connectivity index (χ3v) is 6.14. The molecule has 3 rings (SSSR count). The molecule has 0 bridgehead atoms. The zero-order chi connectivity index (χ0) is 28.8. The number of amides is 2. The summed E-state index contributed by atoms with van der Waals surface area (Å²) >= 11 is 3.33. The lowest BCUT2D eigenvalue weighted by Crippen LogP contribution is -2.49. The molecule has 0 saturated carbocycles. The van der Waals surface area contributed by atoms with Crippen LogP contribution in [-0.4, -0.2) is 45.9 Å². The van der Waals surface area contributed by atoms with Crippen LogP contribution in [0, 0.1) is 0 Å². The molecule has 0 aliphatic rings. The molecule has 1 unspecified atom stereocenters. The second-order valence-corrected chi connectivity index (χ2v) is 12.2. The lowest BCUT2D eigenvalue weighted by Gasteiger charge is -2.22. The predicted molar refractivity (Wildman–Crippen MR) is 154 cm³/mol. The van der Waals surface area contributed by atoms with Crippen molar-refractivity contribution in [2.75, 3.05) is 6.54 Å². The molecule has 39 heavy (non-hydrogen) atoms. The number of benzene rings is 2. The first-order chi connectivity index (χ1) is 18.2. The Balaban J connectivity index is 1.76. The lowest BCUT2D eigenvalue weighted by atomic mass is 9.86. The average Bonchev–Trinajstić information content (AvgIpc) is 2.86. The third-order valence-electron chi connectivity index (χ3n) is 5.73. The van der Waals surface area contributed by atoms with Crippen LogP contribution in [0.25, 0.3) is 11.4 Å². The minimum atomic E-state index is -0.919. The Kier molecular flexibility index (Phi) is 9.61. The molecule has 0 radical (unpaired) electrons. The molecule has 1 heterocycles. The van der Waals surface area contributed by atoms with Crippen LogP contribution in [0.1, 0.15) is 63.0 Å². The summed E-state index contributed by atoms with van der Waals surface area (Å²) in [7, 11) is 0. The number of rotatable bonds is 8. The molecule has 0 spiro atoms. The number of nitrogens with one attached hydrogen (secondary N) is 2. The van der Waals surface area contributed by atoms with Gasteiger partial charge in [-0.15, -0.1) is 0 Å². The highest BCUT2D eigenvalue weighted by Gasteiger charge is 2.24. The number of hydrogen-bond acceptors (Lipinski definition) is 6. The van der Waals surface area contributed by atoms with E-state index >= 15 is 0 Å². The van der Waals surface area contributed by atoms with Crippen LogP contribution in [0.4, 0.5) is 0 Å². The minimum Gasteiger partial charge on any atom is -0.459 e. The van der Waals surface area contributed by atoms with E-state index in [1.165, 1.54) is 0 Å². The van der Waals surface area contributed by atoms with Crippen molar-refractivity contribution in [3.63, 3.8) is 0 Å². The summed E-state index contributed by atoms with van der Waals surface area (Å²) < 4.78 is 6.07. The number of esters is 1. The number of hydrogen-bond donors (Lipinski definition) is 2. The van der Waals surface area contributed by atoms with E-state index in [2.05, 4.69) is 57.3 Å². The topological polar surface area (TPSA) is 110 Å². The third kappa shape index (κ3) is 9.28. The molecular weight excluding hydrogens is 560 g/mol. The van der Waals surface area contributed by atoms with Gasteiger partial charge in [-0.25, -0.2) is 9.97 Å². The van der Waals surface area contributed by atoms with E-state index in [0.29, 0.717) is 11.4 Å². The molecule has 0 aliphatic heterocycles. The van der Waals surface area contributed by atoms with Gasteiger partial charge in [0.1, 0.15) is 18.2 Å². The molecule has 0 saturated heterocycles. The van der Waals surface area contributed by atoms with Crippen molar-refractivity contribution in [3.05, 3.63) is 82.1 Å². The Hall–Kier alpha value is -3.59. The predicted octanol–water partition coefficient (Wildman–Crippen LogP) is 5.00. The average molecular weight is 596 g/mol. The first-order valence-electron chi connectivity index (χ1n) is 12.7. The summed E-state index contributed by atoms with van der Waals surface area (Å²) in [5.41, 5.74) is 2.45. The van der Waals surface area contributed by atoms with Crippen molar-refractivity contribution in [1.29, 1.82) is 0 Å². The monoisotopic (exact) mass is 594 g/mol. The number of ether oxygens (including phenoxy) is 1. The number of carbonyl (C=O) groups excluding carboxylic acids is 3. The highest BCUT2D eigenvalue weighted by molar-refractivity contribution is 9.10. The Morgan fingerprint density at radius 3 is 2.03 bits per heavy atom. The van der Waals surface area contributed by atoms with Gasteiger partial charge < -0.3 is 15.4 Å². The zero-order valence-corrected chi connectivity index (χ0v) is 24.8. The van der Waals surface area contributed by atoms with E-state index in [4.69, 9.17) is 4.74 Å². The molecule has 8 nitrogen and oxygen atoms in total. The number of aromatic nitrogens is 2. The second kappa shape index (κ2) is 12.5. The molecule has 2 aromatic carbocycles. The standard InChI is InChI=1S/C30H35BrN4O4/c1-29(2,3)22-13-11-21(12-14-22)27(37)35-24(28(38)34-18-25(36)39-30(4,5)6)15-19-7-9-20(10-8-19)26-32-16-23(31)17-33-26/h7-14,16-17,24H,15,18H2,1-6H3,(H,34,38)(H,35,37). The zero-order valence-electron chi connectivity index (χ0n) is 23.2. The summed E-state index contributed by atoms with van der Waals surface area (Å²) in [6.45, 7) is 11.3. The van der Waals surface area contributed by atoms with Crippen molar-refractivity contribution in [1.82, 2.24) is 20.6 Å². The van der Waals surface area contributed by atoms with Gasteiger partial charge in [-0.3, -0.25) is 14.4 Å². The van der Waals surface area contributed by atoms with Crippen molar-refractivity contribution < 1.29 is 19.1 Å². The molecule has 0 fully saturated rings. The molecule has 3 aromatic rings. The quantitative estimate of drug-likeness (QED) is 0.355. The van der Waals surface area contributed by atoms with Crippen LogP contribution >= 0.6 is 15.9 Å². The number of halogens is 1. The van der Waals surface area contributed by atoms with Crippen LogP contribution in [0.3, 0.4) is 0 Å². The van der Waals surface area contributed by atoms with Crippen molar-refractivity contribution in [2.24, 2.45) is 0 Å². The van der Waals surface area contributed by atoms with E-state index in [9.17, 15) is 14.4 Å².